The van der Waals surface area contributed by atoms with Crippen molar-refractivity contribution in [2.75, 3.05) is 13.1 Å². The predicted octanol–water partition coefficient (Wildman–Crippen LogP) is 2.62. The molecule has 1 aliphatic carbocycles. The maximum atomic E-state index is 13.1. The van der Waals surface area contributed by atoms with Crippen LogP contribution >= 0.6 is 15.9 Å². The summed E-state index contributed by atoms with van der Waals surface area (Å²) in [6, 6.07) is 5.76. The van der Waals surface area contributed by atoms with E-state index in [4.69, 9.17) is 5.11 Å². The van der Waals surface area contributed by atoms with Crippen molar-refractivity contribution in [3.8, 4) is 0 Å². The Labute approximate surface area is 132 Å². The zero-order chi connectivity index (χ0) is 15.4. The summed E-state index contributed by atoms with van der Waals surface area (Å²) in [5, 5.41) is 12.3. The molecule has 2 rings (SSSR count). The van der Waals surface area contributed by atoms with Crippen LogP contribution in [-0.4, -0.2) is 41.1 Å². The number of likely N-dealkylation sites (N-methyl/N-ethyl adjacent to an activating group) is 1. The number of carboxylic acid groups (broad SMARTS) is 1. The van der Waals surface area contributed by atoms with Crippen LogP contribution in [0.1, 0.15) is 25.3 Å². The minimum Gasteiger partial charge on any atom is -0.480 e. The Morgan fingerprint density at radius 1 is 1.52 bits per heavy atom. The first kappa shape index (κ1) is 16.4. The Bertz CT molecular complexity index is 506. The molecule has 0 heterocycles. The largest absolute Gasteiger partial charge is 0.480 e. The normalized spacial score (nSPS) is 21.3. The predicted molar refractivity (Wildman–Crippen MR) is 82.6 cm³/mol. The average Bonchev–Trinajstić information content (AvgIpc) is 2.39. The summed E-state index contributed by atoms with van der Waals surface area (Å²) < 4.78 is 13.6. The molecule has 0 bridgehead atoms. The second-order valence-electron chi connectivity index (χ2n) is 5.41. The molecule has 21 heavy (non-hydrogen) atoms. The van der Waals surface area contributed by atoms with Crippen molar-refractivity contribution in [3.63, 3.8) is 0 Å². The number of nitrogens with one attached hydrogen (secondary N) is 1. The number of hydrogen-bond donors (Lipinski definition) is 2. The highest BCUT2D eigenvalue weighted by Crippen LogP contribution is 2.26. The number of nitrogens with zero attached hydrogens (tertiary/aromatic N) is 1. The maximum absolute atomic E-state index is 13.1. The van der Waals surface area contributed by atoms with Gasteiger partial charge in [0.05, 0.1) is 11.0 Å². The lowest BCUT2D eigenvalue weighted by Gasteiger charge is -2.42. The second-order valence-corrected chi connectivity index (χ2v) is 6.26. The molecule has 0 radical (unpaired) electrons. The van der Waals surface area contributed by atoms with Crippen LogP contribution in [0.5, 0.6) is 0 Å². The molecule has 0 amide bonds. The molecule has 0 spiro atoms. The molecule has 0 aromatic heterocycles. The Hall–Kier alpha value is -0.980. The van der Waals surface area contributed by atoms with E-state index in [9.17, 15) is 9.18 Å². The van der Waals surface area contributed by atoms with E-state index in [1.165, 1.54) is 6.07 Å². The standard InChI is InChI=1S/C15H20BrFN2O2/c1-2-19(9-15(20)21)12-6-11(7-12)18-8-10-3-4-14(17)13(16)5-10/h3-5,11-12,18H,2,6-9H2,1H3,(H,20,21). The first-order valence-electron chi connectivity index (χ1n) is 7.12. The molecule has 0 atom stereocenters. The maximum Gasteiger partial charge on any atom is 0.317 e. The highest BCUT2D eigenvalue weighted by Gasteiger charge is 2.33. The molecule has 1 fully saturated rings. The van der Waals surface area contributed by atoms with Crippen molar-refractivity contribution in [1.82, 2.24) is 10.2 Å². The molecule has 116 valence electrons. The minimum atomic E-state index is -0.774. The zero-order valence-electron chi connectivity index (χ0n) is 12.0. The van der Waals surface area contributed by atoms with Crippen molar-refractivity contribution >= 4 is 21.9 Å². The summed E-state index contributed by atoms with van der Waals surface area (Å²) in [5.74, 6) is -1.03. The van der Waals surface area contributed by atoms with Crippen molar-refractivity contribution in [2.45, 2.75) is 38.4 Å². The molecular weight excluding hydrogens is 339 g/mol. The molecule has 2 N–H and O–H groups in total. The Morgan fingerprint density at radius 2 is 2.24 bits per heavy atom. The van der Waals surface area contributed by atoms with Crippen LogP contribution < -0.4 is 5.32 Å². The van der Waals surface area contributed by atoms with E-state index in [0.29, 0.717) is 23.1 Å². The van der Waals surface area contributed by atoms with Gasteiger partial charge in [-0.15, -0.1) is 0 Å². The zero-order valence-corrected chi connectivity index (χ0v) is 13.6. The van der Waals surface area contributed by atoms with E-state index < -0.39 is 5.97 Å². The van der Waals surface area contributed by atoms with E-state index in [0.717, 1.165) is 24.9 Å². The third-order valence-corrected chi connectivity index (χ3v) is 4.56. The van der Waals surface area contributed by atoms with Gasteiger partial charge in [0.15, 0.2) is 0 Å². The van der Waals surface area contributed by atoms with Gasteiger partial charge in [-0.05, 0) is 53.0 Å². The number of benzene rings is 1. The van der Waals surface area contributed by atoms with Gasteiger partial charge in [-0.2, -0.15) is 0 Å². The second kappa shape index (κ2) is 7.33. The first-order chi connectivity index (χ1) is 9.99. The van der Waals surface area contributed by atoms with Gasteiger partial charge in [0.1, 0.15) is 5.82 Å². The molecular formula is C15H20BrFN2O2. The third kappa shape index (κ3) is 4.49. The van der Waals surface area contributed by atoms with E-state index in [1.54, 1.807) is 12.1 Å². The number of rotatable bonds is 7. The van der Waals surface area contributed by atoms with Crippen LogP contribution in [0, 0.1) is 5.82 Å². The fourth-order valence-corrected chi connectivity index (χ4v) is 3.06. The molecule has 1 saturated carbocycles. The number of hydrogen-bond acceptors (Lipinski definition) is 3. The fourth-order valence-electron chi connectivity index (χ4n) is 2.64. The smallest absolute Gasteiger partial charge is 0.317 e. The Morgan fingerprint density at radius 3 is 2.81 bits per heavy atom. The van der Waals surface area contributed by atoms with Gasteiger partial charge in [0, 0.05) is 18.6 Å². The summed E-state index contributed by atoms with van der Waals surface area (Å²) in [6.45, 7) is 3.55. The average molecular weight is 359 g/mol. The molecule has 4 nitrogen and oxygen atoms in total. The van der Waals surface area contributed by atoms with Crippen molar-refractivity contribution in [2.24, 2.45) is 0 Å². The molecule has 0 unspecified atom stereocenters. The third-order valence-electron chi connectivity index (χ3n) is 3.95. The van der Waals surface area contributed by atoms with Crippen LogP contribution in [0.15, 0.2) is 22.7 Å². The van der Waals surface area contributed by atoms with Crippen molar-refractivity contribution in [3.05, 3.63) is 34.1 Å². The van der Waals surface area contributed by atoms with Gasteiger partial charge in [-0.3, -0.25) is 9.69 Å². The van der Waals surface area contributed by atoms with Crippen LogP contribution in [-0.2, 0) is 11.3 Å². The monoisotopic (exact) mass is 358 g/mol. The van der Waals surface area contributed by atoms with Gasteiger partial charge in [-0.25, -0.2) is 4.39 Å². The molecule has 0 aliphatic heterocycles. The van der Waals surface area contributed by atoms with Gasteiger partial charge in [-0.1, -0.05) is 13.0 Å². The highest BCUT2D eigenvalue weighted by atomic mass is 79.9. The lowest BCUT2D eigenvalue weighted by atomic mass is 9.85. The number of halogens is 2. The van der Waals surface area contributed by atoms with Crippen molar-refractivity contribution in [1.29, 1.82) is 0 Å². The molecule has 0 saturated heterocycles. The number of carbonyl (C=O) groups is 1. The summed E-state index contributed by atoms with van der Waals surface area (Å²) in [5.41, 5.74) is 1.03. The Kier molecular flexibility index (Phi) is 5.72. The van der Waals surface area contributed by atoms with Crippen LogP contribution in [0.4, 0.5) is 4.39 Å². The molecule has 1 aliphatic rings. The summed E-state index contributed by atoms with van der Waals surface area (Å²) >= 11 is 3.18. The Balaban J connectivity index is 1.75. The van der Waals surface area contributed by atoms with Gasteiger partial charge in [0.25, 0.3) is 0 Å². The summed E-state index contributed by atoms with van der Waals surface area (Å²) in [6.07, 6.45) is 1.92. The lowest BCUT2D eigenvalue weighted by molar-refractivity contribution is -0.139. The van der Waals surface area contributed by atoms with Gasteiger partial charge < -0.3 is 10.4 Å². The van der Waals surface area contributed by atoms with E-state index in [1.807, 2.05) is 11.8 Å². The molecule has 6 heteroatoms. The summed E-state index contributed by atoms with van der Waals surface area (Å²) in [7, 11) is 0. The van der Waals surface area contributed by atoms with Crippen LogP contribution in [0.2, 0.25) is 0 Å². The fraction of sp³-hybridized carbons (Fsp3) is 0.533. The van der Waals surface area contributed by atoms with E-state index in [2.05, 4.69) is 21.2 Å². The van der Waals surface area contributed by atoms with E-state index in [-0.39, 0.29) is 12.4 Å². The summed E-state index contributed by atoms with van der Waals surface area (Å²) in [4.78, 5) is 12.8. The van der Waals surface area contributed by atoms with Crippen molar-refractivity contribution < 1.29 is 14.3 Å². The lowest BCUT2D eigenvalue weighted by Crippen LogP contribution is -2.53. The minimum absolute atomic E-state index is 0.110. The topological polar surface area (TPSA) is 52.6 Å². The number of carboxylic acids is 1. The van der Waals surface area contributed by atoms with Gasteiger partial charge >= 0.3 is 5.97 Å². The van der Waals surface area contributed by atoms with Crippen LogP contribution in [0.3, 0.4) is 0 Å². The quantitative estimate of drug-likeness (QED) is 0.786. The van der Waals surface area contributed by atoms with Crippen LogP contribution in [0.25, 0.3) is 0 Å². The SMILES string of the molecule is CCN(CC(=O)O)C1CC(NCc2ccc(F)c(Br)c2)C1. The van der Waals surface area contributed by atoms with Gasteiger partial charge in [0.2, 0.25) is 0 Å². The van der Waals surface area contributed by atoms with E-state index >= 15 is 0 Å². The number of aliphatic carboxylic acids is 1. The highest BCUT2D eigenvalue weighted by molar-refractivity contribution is 9.10. The molecule has 1 aromatic rings. The molecule has 1 aromatic carbocycles. The first-order valence-corrected chi connectivity index (χ1v) is 7.92.